The molecule has 2 N–H and O–H groups in total. The molecule has 0 bridgehead atoms. The van der Waals surface area contributed by atoms with Crippen LogP contribution in [0.4, 0.5) is 0 Å². The number of likely N-dealkylation sites (N-methyl/N-ethyl adjacent to an activating group) is 1. The summed E-state index contributed by atoms with van der Waals surface area (Å²) in [6, 6.07) is 0.258. The molecule has 1 unspecified atom stereocenters. The third kappa shape index (κ3) is 4.61. The normalized spacial score (nSPS) is 17.2. The van der Waals surface area contributed by atoms with Crippen LogP contribution in [0.3, 0.4) is 0 Å². The lowest BCUT2D eigenvalue weighted by atomic mass is 10.2. The predicted molar refractivity (Wildman–Crippen MR) is 60.1 cm³/mol. The number of amides is 1. The minimum atomic E-state index is -0.825. The summed E-state index contributed by atoms with van der Waals surface area (Å²) in [5.41, 5.74) is 0. The molecule has 1 amide bonds. The second-order valence-corrected chi connectivity index (χ2v) is 4.35. The molecule has 0 aromatic rings. The number of nitrogens with one attached hydrogen (secondary N) is 1. The van der Waals surface area contributed by atoms with Crippen LogP contribution < -0.4 is 5.32 Å². The second kappa shape index (κ2) is 5.84. The summed E-state index contributed by atoms with van der Waals surface area (Å²) in [5, 5.41) is 11.6. The van der Waals surface area contributed by atoms with Crippen LogP contribution in [-0.2, 0) is 9.59 Å². The number of carboxylic acid groups (broad SMARTS) is 1. The van der Waals surface area contributed by atoms with Gasteiger partial charge in [-0.25, -0.2) is 0 Å². The molecule has 0 spiro atoms. The zero-order valence-electron chi connectivity index (χ0n) is 9.90. The topological polar surface area (TPSA) is 69.6 Å². The van der Waals surface area contributed by atoms with E-state index in [1.807, 2.05) is 18.7 Å². The molecule has 0 radical (unpaired) electrons. The van der Waals surface area contributed by atoms with E-state index in [-0.39, 0.29) is 18.4 Å². The Morgan fingerprint density at radius 3 is 2.56 bits per heavy atom. The van der Waals surface area contributed by atoms with Gasteiger partial charge in [-0.1, -0.05) is 6.92 Å². The zero-order valence-corrected chi connectivity index (χ0v) is 9.90. The van der Waals surface area contributed by atoms with Crippen molar-refractivity contribution in [3.8, 4) is 0 Å². The van der Waals surface area contributed by atoms with Crippen LogP contribution in [0.25, 0.3) is 0 Å². The maximum Gasteiger partial charge on any atom is 0.304 e. The van der Waals surface area contributed by atoms with Crippen LogP contribution in [0.5, 0.6) is 0 Å². The van der Waals surface area contributed by atoms with Crippen molar-refractivity contribution < 1.29 is 14.7 Å². The first-order chi connectivity index (χ1) is 7.52. The van der Waals surface area contributed by atoms with Crippen molar-refractivity contribution in [1.29, 1.82) is 0 Å². The summed E-state index contributed by atoms with van der Waals surface area (Å²) >= 11 is 0. The van der Waals surface area contributed by atoms with Crippen molar-refractivity contribution in [3.63, 3.8) is 0 Å². The Balaban J connectivity index is 2.33. The molecule has 5 heteroatoms. The number of hydrogen-bond acceptors (Lipinski definition) is 3. The van der Waals surface area contributed by atoms with E-state index in [0.29, 0.717) is 19.1 Å². The molecule has 1 aliphatic carbocycles. The van der Waals surface area contributed by atoms with Gasteiger partial charge in [0.1, 0.15) is 0 Å². The van der Waals surface area contributed by atoms with E-state index < -0.39 is 5.97 Å². The van der Waals surface area contributed by atoms with Gasteiger partial charge in [-0.3, -0.25) is 14.5 Å². The maximum absolute atomic E-state index is 11.6. The molecule has 0 aromatic heterocycles. The van der Waals surface area contributed by atoms with Gasteiger partial charge in [0.2, 0.25) is 5.91 Å². The molecular formula is C11H20N2O3. The maximum atomic E-state index is 11.6. The lowest BCUT2D eigenvalue weighted by Gasteiger charge is -2.25. The third-order valence-electron chi connectivity index (χ3n) is 2.79. The highest BCUT2D eigenvalue weighted by atomic mass is 16.4. The molecule has 0 heterocycles. The minimum Gasteiger partial charge on any atom is -0.481 e. The fourth-order valence-corrected chi connectivity index (χ4v) is 1.65. The molecule has 92 valence electrons. The first-order valence-corrected chi connectivity index (χ1v) is 5.78. The standard InChI is InChI=1S/C11H20N2O3/c1-3-13(8(2)6-11(15)16)7-10(14)12-9-4-5-9/h8-9H,3-7H2,1-2H3,(H,12,14)(H,15,16). The van der Waals surface area contributed by atoms with Gasteiger partial charge in [0.25, 0.3) is 0 Å². The quantitative estimate of drug-likeness (QED) is 0.664. The molecule has 1 rings (SSSR count). The van der Waals surface area contributed by atoms with Gasteiger partial charge in [0.15, 0.2) is 0 Å². The number of carbonyl (C=O) groups is 2. The third-order valence-corrected chi connectivity index (χ3v) is 2.79. The van der Waals surface area contributed by atoms with Gasteiger partial charge in [0.05, 0.1) is 13.0 Å². The second-order valence-electron chi connectivity index (χ2n) is 4.35. The van der Waals surface area contributed by atoms with Gasteiger partial charge in [-0.2, -0.15) is 0 Å². The van der Waals surface area contributed by atoms with Crippen molar-refractivity contribution in [1.82, 2.24) is 10.2 Å². The number of hydrogen-bond donors (Lipinski definition) is 2. The van der Waals surface area contributed by atoms with E-state index in [9.17, 15) is 9.59 Å². The highest BCUT2D eigenvalue weighted by Crippen LogP contribution is 2.18. The number of carbonyl (C=O) groups excluding carboxylic acids is 1. The summed E-state index contributed by atoms with van der Waals surface area (Å²) in [6.07, 6.45) is 2.22. The SMILES string of the molecule is CCN(CC(=O)NC1CC1)C(C)CC(=O)O. The zero-order chi connectivity index (χ0) is 12.1. The Bertz CT molecular complexity index is 264. The van der Waals surface area contributed by atoms with Crippen molar-refractivity contribution in [2.75, 3.05) is 13.1 Å². The molecule has 5 nitrogen and oxygen atoms in total. The molecule has 0 aliphatic heterocycles. The van der Waals surface area contributed by atoms with Gasteiger partial charge in [-0.15, -0.1) is 0 Å². The monoisotopic (exact) mass is 228 g/mol. The molecule has 1 atom stereocenters. The molecule has 0 aromatic carbocycles. The summed E-state index contributed by atoms with van der Waals surface area (Å²) in [6.45, 7) is 4.75. The van der Waals surface area contributed by atoms with Gasteiger partial charge in [0, 0.05) is 12.1 Å². The fraction of sp³-hybridized carbons (Fsp3) is 0.818. The Morgan fingerprint density at radius 1 is 1.50 bits per heavy atom. The first kappa shape index (κ1) is 13.0. The van der Waals surface area contributed by atoms with Gasteiger partial charge < -0.3 is 10.4 Å². The predicted octanol–water partition coefficient (Wildman–Crippen LogP) is 0.450. The van der Waals surface area contributed by atoms with Crippen LogP contribution in [0, 0.1) is 0 Å². The Hall–Kier alpha value is -1.10. The number of nitrogens with zero attached hydrogens (tertiary/aromatic N) is 1. The smallest absolute Gasteiger partial charge is 0.304 e. The first-order valence-electron chi connectivity index (χ1n) is 5.78. The van der Waals surface area contributed by atoms with E-state index in [1.165, 1.54) is 0 Å². The van der Waals surface area contributed by atoms with Crippen LogP contribution in [-0.4, -0.2) is 47.1 Å². The van der Waals surface area contributed by atoms with E-state index in [0.717, 1.165) is 12.8 Å². The van der Waals surface area contributed by atoms with Crippen molar-refractivity contribution in [2.24, 2.45) is 0 Å². The minimum absolute atomic E-state index is 0.00147. The number of rotatable bonds is 7. The highest BCUT2D eigenvalue weighted by molar-refractivity contribution is 5.78. The van der Waals surface area contributed by atoms with Crippen molar-refractivity contribution in [3.05, 3.63) is 0 Å². The molecule has 0 saturated heterocycles. The lowest BCUT2D eigenvalue weighted by molar-refractivity contribution is -0.138. The van der Waals surface area contributed by atoms with E-state index in [4.69, 9.17) is 5.11 Å². The molecule has 16 heavy (non-hydrogen) atoms. The van der Waals surface area contributed by atoms with E-state index in [2.05, 4.69) is 5.32 Å². The molecule has 1 aliphatic rings. The van der Waals surface area contributed by atoms with Gasteiger partial charge in [-0.05, 0) is 26.3 Å². The van der Waals surface area contributed by atoms with Crippen LogP contribution >= 0.6 is 0 Å². The summed E-state index contributed by atoms with van der Waals surface area (Å²) in [7, 11) is 0. The van der Waals surface area contributed by atoms with E-state index >= 15 is 0 Å². The van der Waals surface area contributed by atoms with Crippen LogP contribution in [0.1, 0.15) is 33.1 Å². The molecule has 1 saturated carbocycles. The molecular weight excluding hydrogens is 208 g/mol. The Labute approximate surface area is 95.8 Å². The highest BCUT2D eigenvalue weighted by Gasteiger charge is 2.25. The van der Waals surface area contributed by atoms with Gasteiger partial charge >= 0.3 is 5.97 Å². The Kier molecular flexibility index (Phi) is 4.73. The number of carboxylic acids is 1. The fourth-order valence-electron chi connectivity index (χ4n) is 1.65. The average molecular weight is 228 g/mol. The summed E-state index contributed by atoms with van der Waals surface area (Å²) in [4.78, 5) is 24.0. The number of aliphatic carboxylic acids is 1. The van der Waals surface area contributed by atoms with Crippen molar-refractivity contribution in [2.45, 2.75) is 45.2 Å². The van der Waals surface area contributed by atoms with Crippen LogP contribution in [0.2, 0.25) is 0 Å². The Morgan fingerprint density at radius 2 is 2.12 bits per heavy atom. The lowest BCUT2D eigenvalue weighted by Crippen LogP contribution is -2.43. The summed E-state index contributed by atoms with van der Waals surface area (Å²) in [5.74, 6) is -0.824. The molecule has 1 fully saturated rings. The summed E-state index contributed by atoms with van der Waals surface area (Å²) < 4.78 is 0. The largest absolute Gasteiger partial charge is 0.481 e. The average Bonchev–Trinajstić information content (AvgIpc) is 2.96. The van der Waals surface area contributed by atoms with Crippen molar-refractivity contribution >= 4 is 11.9 Å². The van der Waals surface area contributed by atoms with E-state index in [1.54, 1.807) is 0 Å². The van der Waals surface area contributed by atoms with Crippen LogP contribution in [0.15, 0.2) is 0 Å².